The van der Waals surface area contributed by atoms with Gasteiger partial charge in [-0.1, -0.05) is 35.7 Å². The molecule has 1 unspecified atom stereocenters. The Morgan fingerprint density at radius 1 is 1.11 bits per heavy atom. The second-order valence-corrected chi connectivity index (χ2v) is 10.8. The number of benzene rings is 2. The number of nitrogens with zero attached hydrogens (tertiary/aromatic N) is 3. The average molecular weight is 532 g/mol. The zero-order valence-electron chi connectivity index (χ0n) is 20.1. The first-order chi connectivity index (χ1) is 18.2. The van der Waals surface area contributed by atoms with Crippen LogP contribution in [0.5, 0.6) is 6.01 Å². The molecular weight excluding hydrogens is 506 g/mol. The first kappa shape index (κ1) is 23.9. The van der Waals surface area contributed by atoms with E-state index in [1.165, 1.54) is 25.1 Å². The highest BCUT2D eigenvalue weighted by Gasteiger charge is 2.28. The Morgan fingerprint density at radius 3 is 2.84 bits per heavy atom. The number of fused-ring (bicyclic) bond motifs is 2. The zero-order valence-corrected chi connectivity index (χ0v) is 21.8. The minimum absolute atomic E-state index is 0.0645. The molecule has 0 saturated carbocycles. The lowest BCUT2D eigenvalue weighted by Crippen LogP contribution is -2.39. The number of pyridine rings is 1. The van der Waals surface area contributed by atoms with Gasteiger partial charge in [-0.15, -0.1) is 0 Å². The fraction of sp³-hybridized carbons (Fsp3) is 0.222. The topological polar surface area (TPSA) is 92.4 Å². The van der Waals surface area contributed by atoms with Crippen LogP contribution in [-0.2, 0) is 11.3 Å². The lowest BCUT2D eigenvalue weighted by atomic mass is 10.1. The Bertz CT molecular complexity index is 1480. The average Bonchev–Trinajstić information content (AvgIpc) is 2.95. The summed E-state index contributed by atoms with van der Waals surface area (Å²) >= 11 is 3.58. The molecule has 0 bridgehead atoms. The summed E-state index contributed by atoms with van der Waals surface area (Å²) < 4.78 is 11.3. The van der Waals surface area contributed by atoms with E-state index in [0.717, 1.165) is 23.5 Å². The Balaban J connectivity index is 1.18. The van der Waals surface area contributed by atoms with Gasteiger partial charge >= 0.3 is 6.01 Å². The molecule has 2 N–H and O–H groups in total. The zero-order chi connectivity index (χ0) is 25.2. The van der Waals surface area contributed by atoms with E-state index < -0.39 is 0 Å². The van der Waals surface area contributed by atoms with Crippen molar-refractivity contribution in [3.05, 3.63) is 88.6 Å². The summed E-state index contributed by atoms with van der Waals surface area (Å²) in [4.78, 5) is 30.0. The van der Waals surface area contributed by atoms with Gasteiger partial charge in [0.1, 0.15) is 6.10 Å². The van der Waals surface area contributed by atoms with E-state index in [0.29, 0.717) is 25.7 Å². The van der Waals surface area contributed by atoms with Gasteiger partial charge in [0.05, 0.1) is 13.7 Å². The molecule has 0 radical (unpaired) electrons. The third kappa shape index (κ3) is 5.18. The number of nitrogens with one attached hydrogen (secondary N) is 2. The Kier molecular flexibility index (Phi) is 6.77. The van der Waals surface area contributed by atoms with Gasteiger partial charge in [0, 0.05) is 80.8 Å². The van der Waals surface area contributed by atoms with Crippen molar-refractivity contribution < 1.29 is 9.47 Å². The van der Waals surface area contributed by atoms with E-state index in [1.54, 1.807) is 55.3 Å². The summed E-state index contributed by atoms with van der Waals surface area (Å²) in [7, 11) is 1.56. The van der Waals surface area contributed by atoms with Gasteiger partial charge < -0.3 is 24.7 Å². The summed E-state index contributed by atoms with van der Waals surface area (Å²) in [5.41, 5.74) is 4.06. The Labute approximate surface area is 222 Å². The molecular formula is C27H25N5O3S2. The molecule has 0 spiro atoms. The van der Waals surface area contributed by atoms with Crippen molar-refractivity contribution in [1.29, 1.82) is 0 Å². The van der Waals surface area contributed by atoms with Crippen LogP contribution in [0.25, 0.3) is 0 Å². The van der Waals surface area contributed by atoms with Crippen LogP contribution >= 0.6 is 23.5 Å². The summed E-state index contributed by atoms with van der Waals surface area (Å²) in [6.45, 7) is 2.71. The van der Waals surface area contributed by atoms with E-state index in [1.807, 2.05) is 6.07 Å². The normalized spacial score (nSPS) is 16.6. The number of morpholine rings is 1. The standard InChI is InChI=1S/C27H25N5O3S2/c1-34-27-30-14-17(15-31-27)13-29-18-5-6-22-24(11-18)36-23-4-2-3-20(26(23)37-22)21-16-32(9-10-35-21)19-7-8-28-25(33)12-19/h2-8,11-12,14-15,21,29H,9-10,13,16H2,1H3,(H,28,33). The van der Waals surface area contributed by atoms with E-state index in [9.17, 15) is 4.79 Å². The maximum atomic E-state index is 11.8. The van der Waals surface area contributed by atoms with Crippen LogP contribution in [0, 0.1) is 0 Å². The van der Waals surface area contributed by atoms with E-state index >= 15 is 0 Å². The lowest BCUT2D eigenvalue weighted by molar-refractivity contribution is 0.0379. The number of H-pyrrole nitrogens is 1. The first-order valence-corrected chi connectivity index (χ1v) is 13.6. The van der Waals surface area contributed by atoms with Gasteiger partial charge in [0.2, 0.25) is 5.56 Å². The molecule has 37 heavy (non-hydrogen) atoms. The molecule has 2 aromatic carbocycles. The number of ether oxygens (including phenoxy) is 2. The first-order valence-electron chi connectivity index (χ1n) is 11.9. The molecule has 2 aliphatic rings. The molecule has 1 saturated heterocycles. The minimum Gasteiger partial charge on any atom is -0.467 e. The van der Waals surface area contributed by atoms with Crippen LogP contribution in [0.4, 0.5) is 11.4 Å². The van der Waals surface area contributed by atoms with Crippen molar-refractivity contribution >= 4 is 34.9 Å². The van der Waals surface area contributed by atoms with Gasteiger partial charge in [-0.2, -0.15) is 0 Å². The highest BCUT2D eigenvalue weighted by atomic mass is 32.2. The highest BCUT2D eigenvalue weighted by Crippen LogP contribution is 2.51. The summed E-state index contributed by atoms with van der Waals surface area (Å²) in [5.74, 6) is 0. The fourth-order valence-electron chi connectivity index (χ4n) is 4.43. The van der Waals surface area contributed by atoms with Gasteiger partial charge in [-0.05, 0) is 35.9 Å². The minimum atomic E-state index is -0.0904. The van der Waals surface area contributed by atoms with Crippen molar-refractivity contribution in [1.82, 2.24) is 15.0 Å². The Morgan fingerprint density at radius 2 is 2.00 bits per heavy atom. The fourth-order valence-corrected chi connectivity index (χ4v) is 6.88. The number of hydrogen-bond acceptors (Lipinski definition) is 9. The predicted molar refractivity (Wildman–Crippen MR) is 145 cm³/mol. The van der Waals surface area contributed by atoms with E-state index in [2.05, 4.69) is 61.6 Å². The third-order valence-corrected chi connectivity index (χ3v) is 8.89. The molecule has 4 heterocycles. The summed E-state index contributed by atoms with van der Waals surface area (Å²) in [6.07, 6.45) is 5.17. The molecule has 10 heteroatoms. The SMILES string of the molecule is COc1ncc(CNc2ccc3c(c2)Sc2cccc(C4CN(c5cc[nH]c(=O)c5)CCO4)c2S3)cn1. The van der Waals surface area contributed by atoms with Crippen LogP contribution in [0.15, 0.2) is 91.5 Å². The molecule has 0 amide bonds. The molecule has 4 aromatic rings. The predicted octanol–water partition coefficient (Wildman–Crippen LogP) is 4.98. The molecule has 188 valence electrons. The largest absolute Gasteiger partial charge is 0.467 e. The van der Waals surface area contributed by atoms with Crippen LogP contribution in [-0.4, -0.2) is 41.8 Å². The number of hydrogen-bond donors (Lipinski definition) is 2. The molecule has 0 aliphatic carbocycles. The van der Waals surface area contributed by atoms with Crippen molar-refractivity contribution in [2.24, 2.45) is 0 Å². The van der Waals surface area contributed by atoms with Gasteiger partial charge in [-0.3, -0.25) is 4.79 Å². The number of methoxy groups -OCH3 is 1. The van der Waals surface area contributed by atoms with Gasteiger partial charge in [-0.25, -0.2) is 9.97 Å². The van der Waals surface area contributed by atoms with E-state index in [4.69, 9.17) is 9.47 Å². The number of rotatable bonds is 6. The second kappa shape index (κ2) is 10.5. The third-order valence-electron chi connectivity index (χ3n) is 6.28. The molecule has 8 nitrogen and oxygen atoms in total. The van der Waals surface area contributed by atoms with Crippen molar-refractivity contribution in [3.8, 4) is 6.01 Å². The van der Waals surface area contributed by atoms with Crippen molar-refractivity contribution in [2.45, 2.75) is 32.2 Å². The summed E-state index contributed by atoms with van der Waals surface area (Å²) in [5, 5.41) is 3.47. The van der Waals surface area contributed by atoms with Gasteiger partial charge in [0.25, 0.3) is 0 Å². The smallest absolute Gasteiger partial charge is 0.316 e. The number of aromatic amines is 1. The number of aromatic nitrogens is 3. The monoisotopic (exact) mass is 531 g/mol. The van der Waals surface area contributed by atoms with Crippen LogP contribution in [0.2, 0.25) is 0 Å². The lowest BCUT2D eigenvalue weighted by Gasteiger charge is -2.36. The number of anilines is 2. The highest BCUT2D eigenvalue weighted by molar-refractivity contribution is 8.05. The van der Waals surface area contributed by atoms with Crippen LogP contribution in [0.1, 0.15) is 17.2 Å². The van der Waals surface area contributed by atoms with Gasteiger partial charge in [0.15, 0.2) is 0 Å². The quantitative estimate of drug-likeness (QED) is 0.315. The molecule has 1 fully saturated rings. The van der Waals surface area contributed by atoms with Crippen LogP contribution < -0.4 is 20.5 Å². The molecule has 6 rings (SSSR count). The maximum absolute atomic E-state index is 11.8. The maximum Gasteiger partial charge on any atom is 0.316 e. The van der Waals surface area contributed by atoms with E-state index in [-0.39, 0.29) is 11.7 Å². The molecule has 2 aliphatic heterocycles. The summed E-state index contributed by atoms with van der Waals surface area (Å²) in [6, 6.07) is 16.9. The van der Waals surface area contributed by atoms with Crippen molar-refractivity contribution in [2.75, 3.05) is 37.0 Å². The second-order valence-electron chi connectivity index (χ2n) is 8.69. The van der Waals surface area contributed by atoms with Crippen LogP contribution in [0.3, 0.4) is 0 Å². The molecule has 1 atom stereocenters. The Hall–Kier alpha value is -3.47. The molecule has 2 aromatic heterocycles. The van der Waals surface area contributed by atoms with Crippen molar-refractivity contribution in [3.63, 3.8) is 0 Å².